The summed E-state index contributed by atoms with van der Waals surface area (Å²) in [6.45, 7) is 0. The lowest BCUT2D eigenvalue weighted by Gasteiger charge is -2.12. The first-order valence-electron chi connectivity index (χ1n) is 4.32. The van der Waals surface area contributed by atoms with Crippen molar-refractivity contribution in [1.82, 2.24) is 0 Å². The first-order valence-corrected chi connectivity index (χ1v) is 4.32. The van der Waals surface area contributed by atoms with E-state index in [1.165, 1.54) is 0 Å². The second kappa shape index (κ2) is 5.06. The van der Waals surface area contributed by atoms with E-state index >= 15 is 0 Å². The highest BCUT2D eigenvalue weighted by Crippen LogP contribution is 2.24. The molecule has 0 radical (unpaired) electrons. The molecule has 4 N–H and O–H groups in total. The Morgan fingerprint density at radius 3 is 2.47 bits per heavy atom. The maximum Gasteiger partial charge on any atom is 0.573 e. The van der Waals surface area contributed by atoms with E-state index in [9.17, 15) is 13.2 Å². The summed E-state index contributed by atoms with van der Waals surface area (Å²) in [4.78, 5) is 0. The van der Waals surface area contributed by atoms with Crippen LogP contribution >= 0.6 is 0 Å². The van der Waals surface area contributed by atoms with Crippen LogP contribution in [0, 0.1) is 0 Å². The zero-order chi connectivity index (χ0) is 13.1. The minimum atomic E-state index is -4.85. The van der Waals surface area contributed by atoms with Crippen molar-refractivity contribution < 1.29 is 28.0 Å². The molecule has 0 saturated carbocycles. The van der Waals surface area contributed by atoms with Gasteiger partial charge < -0.3 is 20.6 Å². The van der Waals surface area contributed by atoms with Gasteiger partial charge in [-0.1, -0.05) is 6.07 Å². The molecule has 0 aliphatic heterocycles. The molecule has 0 fully saturated rings. The molecule has 5 nitrogen and oxygen atoms in total. The molecule has 92 valence electrons. The summed E-state index contributed by atoms with van der Waals surface area (Å²) < 4.78 is 39.8. The summed E-state index contributed by atoms with van der Waals surface area (Å²) in [5.74, 6) is 4.30. The Hall–Kier alpha value is -1.74. The fourth-order valence-electron chi connectivity index (χ4n) is 1.13. The molecule has 0 aromatic heterocycles. The van der Waals surface area contributed by atoms with Crippen LogP contribution in [0.2, 0.25) is 0 Å². The van der Waals surface area contributed by atoms with Gasteiger partial charge in [0.05, 0.1) is 6.21 Å². The van der Waals surface area contributed by atoms with Crippen LogP contribution in [0.3, 0.4) is 0 Å². The maximum atomic E-state index is 12.0. The average molecular weight is 248 g/mol. The number of alkyl halides is 3. The first-order chi connectivity index (χ1) is 7.83. The van der Waals surface area contributed by atoms with E-state index in [-0.39, 0.29) is 11.0 Å². The Balaban J connectivity index is 3.13. The number of hydrogen-bond donors (Lipinski definition) is 3. The number of hydrogen-bond acceptors (Lipinski definition) is 5. The monoisotopic (exact) mass is 248 g/mol. The third-order valence-electron chi connectivity index (χ3n) is 1.77. The van der Waals surface area contributed by atoms with Gasteiger partial charge in [0.1, 0.15) is 5.75 Å². The van der Waals surface area contributed by atoms with Gasteiger partial charge in [-0.2, -0.15) is 5.10 Å². The summed E-state index contributed by atoms with van der Waals surface area (Å²) in [6.07, 6.45) is -3.94. The molecule has 0 heterocycles. The van der Waals surface area contributed by atoms with Gasteiger partial charge in [0.15, 0.2) is 0 Å². The minimum absolute atomic E-state index is 0.00516. The van der Waals surface area contributed by atoms with Crippen LogP contribution in [-0.2, 0) is 0 Å². The Morgan fingerprint density at radius 2 is 2.00 bits per heavy atom. The van der Waals surface area contributed by atoms with Gasteiger partial charge in [0.25, 0.3) is 0 Å². The Kier molecular flexibility index (Phi) is 3.97. The SMILES string of the molecule is NN=Cc1cc(B(O)O)ccc1OC(F)(F)F. The van der Waals surface area contributed by atoms with E-state index in [0.717, 1.165) is 24.4 Å². The van der Waals surface area contributed by atoms with Gasteiger partial charge in [0.2, 0.25) is 0 Å². The Labute approximate surface area is 94.5 Å². The van der Waals surface area contributed by atoms with E-state index in [2.05, 4.69) is 9.84 Å². The first kappa shape index (κ1) is 13.3. The number of hydrazone groups is 1. The zero-order valence-corrected chi connectivity index (χ0v) is 8.35. The van der Waals surface area contributed by atoms with Crippen molar-refractivity contribution in [3.05, 3.63) is 23.8 Å². The average Bonchev–Trinajstić information content (AvgIpc) is 2.18. The lowest BCUT2D eigenvalue weighted by atomic mass is 9.79. The molecule has 0 unspecified atom stereocenters. The van der Waals surface area contributed by atoms with E-state index in [0.29, 0.717) is 0 Å². The Bertz CT molecular complexity index is 423. The highest BCUT2D eigenvalue weighted by molar-refractivity contribution is 6.58. The highest BCUT2D eigenvalue weighted by Gasteiger charge is 2.32. The molecule has 0 saturated heterocycles. The van der Waals surface area contributed by atoms with Crippen molar-refractivity contribution in [1.29, 1.82) is 0 Å². The standard InChI is InChI=1S/C8H8BF3N2O3/c10-8(11,12)17-7-2-1-6(9(15)16)3-5(7)4-14-13/h1-4,15-16H,13H2. The summed E-state index contributed by atoms with van der Waals surface area (Å²) >= 11 is 0. The number of ether oxygens (including phenoxy) is 1. The summed E-state index contributed by atoms with van der Waals surface area (Å²) in [5, 5.41) is 20.8. The van der Waals surface area contributed by atoms with Crippen LogP contribution in [0.5, 0.6) is 5.75 Å². The van der Waals surface area contributed by atoms with Crippen LogP contribution in [-0.4, -0.2) is 29.7 Å². The predicted octanol–water partition coefficient (Wildman–Crippen LogP) is -0.442. The van der Waals surface area contributed by atoms with Gasteiger partial charge in [-0.05, 0) is 17.6 Å². The van der Waals surface area contributed by atoms with Crippen molar-refractivity contribution in [2.45, 2.75) is 6.36 Å². The van der Waals surface area contributed by atoms with E-state index in [4.69, 9.17) is 15.9 Å². The fourth-order valence-corrected chi connectivity index (χ4v) is 1.13. The largest absolute Gasteiger partial charge is 0.573 e. The molecule has 17 heavy (non-hydrogen) atoms. The molecule has 1 rings (SSSR count). The summed E-state index contributed by atoms with van der Waals surface area (Å²) in [6, 6.07) is 3.10. The molecule has 9 heteroatoms. The van der Waals surface area contributed by atoms with Crippen molar-refractivity contribution in [3.63, 3.8) is 0 Å². The van der Waals surface area contributed by atoms with Crippen LogP contribution in [0.4, 0.5) is 13.2 Å². The topological polar surface area (TPSA) is 88.1 Å². The summed E-state index contributed by atoms with van der Waals surface area (Å²) in [7, 11) is -1.81. The van der Waals surface area contributed by atoms with Gasteiger partial charge in [-0.25, -0.2) is 0 Å². The third kappa shape index (κ3) is 3.96. The van der Waals surface area contributed by atoms with Gasteiger partial charge in [-0.15, -0.1) is 13.2 Å². The minimum Gasteiger partial charge on any atom is -0.423 e. The smallest absolute Gasteiger partial charge is 0.423 e. The van der Waals surface area contributed by atoms with Crippen LogP contribution in [0.25, 0.3) is 0 Å². The molecular weight excluding hydrogens is 240 g/mol. The van der Waals surface area contributed by atoms with Gasteiger partial charge >= 0.3 is 13.5 Å². The van der Waals surface area contributed by atoms with E-state index in [1.54, 1.807) is 0 Å². The van der Waals surface area contributed by atoms with Crippen LogP contribution in [0.1, 0.15) is 5.56 Å². The number of rotatable bonds is 3. The Morgan fingerprint density at radius 1 is 1.35 bits per heavy atom. The third-order valence-corrected chi connectivity index (χ3v) is 1.77. The fraction of sp³-hybridized carbons (Fsp3) is 0.125. The second-order valence-corrected chi connectivity index (χ2v) is 3.00. The number of nitrogens with zero attached hydrogens (tertiary/aromatic N) is 1. The molecule has 0 aliphatic rings. The van der Waals surface area contributed by atoms with Crippen LogP contribution < -0.4 is 16.0 Å². The van der Waals surface area contributed by atoms with Crippen molar-refractivity contribution in [2.24, 2.45) is 10.9 Å². The summed E-state index contributed by atoms with van der Waals surface area (Å²) in [5.41, 5.74) is -0.121. The van der Waals surface area contributed by atoms with Gasteiger partial charge in [0, 0.05) is 5.56 Å². The molecule has 0 aliphatic carbocycles. The highest BCUT2D eigenvalue weighted by atomic mass is 19.4. The van der Waals surface area contributed by atoms with Crippen LogP contribution in [0.15, 0.2) is 23.3 Å². The molecule has 0 spiro atoms. The molecule has 0 amide bonds. The molecule has 1 aromatic carbocycles. The van der Waals surface area contributed by atoms with Crippen molar-refractivity contribution in [2.75, 3.05) is 0 Å². The zero-order valence-electron chi connectivity index (χ0n) is 8.35. The molecule has 1 aromatic rings. The quantitative estimate of drug-likeness (QED) is 0.293. The molecule has 0 bridgehead atoms. The van der Waals surface area contributed by atoms with Crippen molar-refractivity contribution in [3.8, 4) is 5.75 Å². The second-order valence-electron chi connectivity index (χ2n) is 3.00. The lowest BCUT2D eigenvalue weighted by Crippen LogP contribution is -2.30. The molecular formula is C8H8BF3N2O3. The number of benzene rings is 1. The van der Waals surface area contributed by atoms with E-state index in [1.807, 2.05) is 0 Å². The van der Waals surface area contributed by atoms with Crippen molar-refractivity contribution >= 4 is 18.8 Å². The normalized spacial score (nSPS) is 11.8. The lowest BCUT2D eigenvalue weighted by molar-refractivity contribution is -0.274. The van der Waals surface area contributed by atoms with Gasteiger partial charge in [-0.3, -0.25) is 0 Å². The molecule has 0 atom stereocenters. The predicted molar refractivity (Wildman–Crippen MR) is 54.7 cm³/mol. The number of halogens is 3. The maximum absolute atomic E-state index is 12.0. The number of nitrogens with two attached hydrogens (primary N) is 1. The van der Waals surface area contributed by atoms with E-state index < -0.39 is 19.2 Å².